The number of aromatic amines is 1. The fraction of sp³-hybridized carbons (Fsp3) is 0.533. The molecule has 5 nitrogen and oxygen atoms in total. The van der Waals surface area contributed by atoms with E-state index in [1.165, 1.54) is 0 Å². The van der Waals surface area contributed by atoms with Crippen molar-refractivity contribution >= 4 is 11.0 Å². The number of aromatic nitrogens is 2. The van der Waals surface area contributed by atoms with Gasteiger partial charge in [-0.25, -0.2) is 4.98 Å². The van der Waals surface area contributed by atoms with Crippen LogP contribution in [0, 0.1) is 0 Å². The lowest BCUT2D eigenvalue weighted by molar-refractivity contribution is 0.297. The fourth-order valence-corrected chi connectivity index (χ4v) is 2.54. The number of hydrogen-bond donors (Lipinski definition) is 2. The SMILES string of the molecule is CCCC(N)Cc1nc2cc3c(cc2[nH]1)OCCCO3. The van der Waals surface area contributed by atoms with E-state index in [9.17, 15) is 0 Å². The lowest BCUT2D eigenvalue weighted by atomic mass is 10.1. The Kier molecular flexibility index (Phi) is 3.78. The Hall–Kier alpha value is -1.75. The molecule has 0 fully saturated rings. The van der Waals surface area contributed by atoms with Crippen molar-refractivity contribution in [2.24, 2.45) is 5.73 Å². The van der Waals surface area contributed by atoms with Gasteiger partial charge in [0.15, 0.2) is 11.5 Å². The number of benzene rings is 1. The highest BCUT2D eigenvalue weighted by Crippen LogP contribution is 2.33. The summed E-state index contributed by atoms with van der Waals surface area (Å²) in [5, 5.41) is 0. The van der Waals surface area contributed by atoms with Gasteiger partial charge in [0.25, 0.3) is 0 Å². The number of ether oxygens (including phenoxy) is 2. The number of nitrogens with two attached hydrogens (primary N) is 1. The van der Waals surface area contributed by atoms with Crippen molar-refractivity contribution in [3.63, 3.8) is 0 Å². The van der Waals surface area contributed by atoms with E-state index < -0.39 is 0 Å². The van der Waals surface area contributed by atoms with Crippen molar-refractivity contribution in [2.75, 3.05) is 13.2 Å². The molecule has 0 aliphatic carbocycles. The molecule has 1 aliphatic heterocycles. The highest BCUT2D eigenvalue weighted by Gasteiger charge is 2.14. The lowest BCUT2D eigenvalue weighted by Gasteiger charge is -2.06. The molecule has 2 aromatic rings. The molecule has 0 amide bonds. The Balaban J connectivity index is 1.87. The maximum atomic E-state index is 6.07. The molecule has 108 valence electrons. The predicted molar refractivity (Wildman–Crippen MR) is 78.3 cm³/mol. The number of H-pyrrole nitrogens is 1. The first-order valence-corrected chi connectivity index (χ1v) is 7.30. The number of fused-ring (bicyclic) bond motifs is 2. The highest BCUT2D eigenvalue weighted by atomic mass is 16.5. The fourth-order valence-electron chi connectivity index (χ4n) is 2.54. The first-order valence-electron chi connectivity index (χ1n) is 7.30. The molecule has 5 heteroatoms. The van der Waals surface area contributed by atoms with Gasteiger partial charge < -0.3 is 20.2 Å². The molecular formula is C15H21N3O2. The first kappa shape index (κ1) is 13.2. The van der Waals surface area contributed by atoms with Gasteiger partial charge in [0.05, 0.1) is 24.2 Å². The molecule has 3 N–H and O–H groups in total. The zero-order chi connectivity index (χ0) is 13.9. The molecule has 0 radical (unpaired) electrons. The molecule has 0 bridgehead atoms. The van der Waals surface area contributed by atoms with Gasteiger partial charge in [0.2, 0.25) is 0 Å². The molecule has 1 aromatic heterocycles. The molecule has 1 aromatic carbocycles. The second-order valence-corrected chi connectivity index (χ2v) is 5.30. The Morgan fingerprint density at radius 1 is 1.30 bits per heavy atom. The summed E-state index contributed by atoms with van der Waals surface area (Å²) in [5.41, 5.74) is 7.96. The largest absolute Gasteiger partial charge is 0.489 e. The summed E-state index contributed by atoms with van der Waals surface area (Å²) in [5.74, 6) is 2.51. The van der Waals surface area contributed by atoms with Gasteiger partial charge in [-0.05, 0) is 6.42 Å². The van der Waals surface area contributed by atoms with E-state index in [0.717, 1.165) is 54.0 Å². The Labute approximate surface area is 118 Å². The van der Waals surface area contributed by atoms with Crippen LogP contribution in [0.2, 0.25) is 0 Å². The van der Waals surface area contributed by atoms with Gasteiger partial charge >= 0.3 is 0 Å². The van der Waals surface area contributed by atoms with E-state index >= 15 is 0 Å². The van der Waals surface area contributed by atoms with Crippen molar-refractivity contribution in [3.8, 4) is 11.5 Å². The number of nitrogens with zero attached hydrogens (tertiary/aromatic N) is 1. The van der Waals surface area contributed by atoms with E-state index in [4.69, 9.17) is 15.2 Å². The third-order valence-corrected chi connectivity index (χ3v) is 3.52. The molecule has 0 spiro atoms. The van der Waals surface area contributed by atoms with Crippen LogP contribution in [0.5, 0.6) is 11.5 Å². The highest BCUT2D eigenvalue weighted by molar-refractivity contribution is 5.79. The summed E-state index contributed by atoms with van der Waals surface area (Å²) < 4.78 is 11.4. The molecule has 3 rings (SSSR count). The molecule has 1 unspecified atom stereocenters. The van der Waals surface area contributed by atoms with Crippen LogP contribution in [-0.4, -0.2) is 29.2 Å². The third-order valence-electron chi connectivity index (χ3n) is 3.52. The van der Waals surface area contributed by atoms with Crippen LogP contribution in [-0.2, 0) is 6.42 Å². The van der Waals surface area contributed by atoms with E-state index in [1.54, 1.807) is 0 Å². The summed E-state index contributed by atoms with van der Waals surface area (Å²) in [4.78, 5) is 7.93. The predicted octanol–water partition coefficient (Wildman–Crippen LogP) is 2.39. The molecule has 0 saturated heterocycles. The van der Waals surface area contributed by atoms with Crippen LogP contribution < -0.4 is 15.2 Å². The van der Waals surface area contributed by atoms with Crippen molar-refractivity contribution < 1.29 is 9.47 Å². The minimum Gasteiger partial charge on any atom is -0.489 e. The van der Waals surface area contributed by atoms with Crippen molar-refractivity contribution in [3.05, 3.63) is 18.0 Å². The van der Waals surface area contributed by atoms with Crippen molar-refractivity contribution in [2.45, 2.75) is 38.6 Å². The first-order chi connectivity index (χ1) is 9.76. The third kappa shape index (κ3) is 2.72. The zero-order valence-electron chi connectivity index (χ0n) is 11.8. The van der Waals surface area contributed by atoms with Crippen LogP contribution in [0.15, 0.2) is 12.1 Å². The smallest absolute Gasteiger partial charge is 0.163 e. The van der Waals surface area contributed by atoms with Gasteiger partial charge in [0.1, 0.15) is 5.82 Å². The number of rotatable bonds is 4. The molecule has 2 heterocycles. The summed E-state index contributed by atoms with van der Waals surface area (Å²) in [6, 6.07) is 4.07. The Morgan fingerprint density at radius 3 is 2.80 bits per heavy atom. The maximum absolute atomic E-state index is 6.07. The molecular weight excluding hydrogens is 254 g/mol. The second kappa shape index (κ2) is 5.71. The minimum absolute atomic E-state index is 0.158. The van der Waals surface area contributed by atoms with E-state index in [-0.39, 0.29) is 6.04 Å². The van der Waals surface area contributed by atoms with Gasteiger partial charge in [-0.1, -0.05) is 13.3 Å². The topological polar surface area (TPSA) is 73.2 Å². The van der Waals surface area contributed by atoms with Crippen LogP contribution in [0.4, 0.5) is 0 Å². The lowest BCUT2D eigenvalue weighted by Crippen LogP contribution is -2.22. The maximum Gasteiger partial charge on any atom is 0.163 e. The Morgan fingerprint density at radius 2 is 2.05 bits per heavy atom. The normalized spacial score (nSPS) is 16.1. The van der Waals surface area contributed by atoms with Crippen LogP contribution >= 0.6 is 0 Å². The van der Waals surface area contributed by atoms with Crippen LogP contribution in [0.3, 0.4) is 0 Å². The minimum atomic E-state index is 0.158. The summed E-state index contributed by atoms with van der Waals surface area (Å²) >= 11 is 0. The van der Waals surface area contributed by atoms with Crippen LogP contribution in [0.1, 0.15) is 32.0 Å². The molecule has 0 saturated carbocycles. The van der Waals surface area contributed by atoms with Gasteiger partial charge in [-0.15, -0.1) is 0 Å². The number of hydrogen-bond acceptors (Lipinski definition) is 4. The van der Waals surface area contributed by atoms with E-state index in [0.29, 0.717) is 13.2 Å². The Bertz CT molecular complexity index is 551. The molecule has 1 aliphatic rings. The summed E-state index contributed by atoms with van der Waals surface area (Å²) in [6.07, 6.45) is 3.79. The van der Waals surface area contributed by atoms with Crippen molar-refractivity contribution in [1.29, 1.82) is 0 Å². The average molecular weight is 275 g/mol. The second-order valence-electron chi connectivity index (χ2n) is 5.30. The monoisotopic (exact) mass is 275 g/mol. The van der Waals surface area contributed by atoms with Gasteiger partial charge in [-0.2, -0.15) is 0 Å². The van der Waals surface area contributed by atoms with E-state index in [1.807, 2.05) is 12.1 Å². The number of imidazole rings is 1. The van der Waals surface area contributed by atoms with Gasteiger partial charge in [0, 0.05) is 31.0 Å². The van der Waals surface area contributed by atoms with Crippen molar-refractivity contribution in [1.82, 2.24) is 9.97 Å². The zero-order valence-corrected chi connectivity index (χ0v) is 11.8. The standard InChI is InChI=1S/C15H21N3O2/c1-2-4-10(16)7-15-17-11-8-13-14(9-12(11)18-15)20-6-3-5-19-13/h8-10H,2-7,16H2,1H3,(H,17,18). The van der Waals surface area contributed by atoms with Gasteiger partial charge in [-0.3, -0.25) is 0 Å². The van der Waals surface area contributed by atoms with E-state index in [2.05, 4.69) is 16.9 Å². The summed E-state index contributed by atoms with van der Waals surface area (Å²) in [6.45, 7) is 3.53. The molecule has 1 atom stereocenters. The molecule has 20 heavy (non-hydrogen) atoms. The number of nitrogens with one attached hydrogen (secondary N) is 1. The van der Waals surface area contributed by atoms with Crippen LogP contribution in [0.25, 0.3) is 11.0 Å². The summed E-state index contributed by atoms with van der Waals surface area (Å²) in [7, 11) is 0. The quantitative estimate of drug-likeness (QED) is 0.898. The average Bonchev–Trinajstić information content (AvgIpc) is 2.64.